The van der Waals surface area contributed by atoms with Crippen LogP contribution in [0.3, 0.4) is 0 Å². The Morgan fingerprint density at radius 2 is 1.75 bits per heavy atom. The molecule has 0 unspecified atom stereocenters. The van der Waals surface area contributed by atoms with Crippen molar-refractivity contribution in [3.8, 4) is 17.2 Å². The summed E-state index contributed by atoms with van der Waals surface area (Å²) in [5, 5.41) is 6.12. The van der Waals surface area contributed by atoms with Gasteiger partial charge in [-0.1, -0.05) is 24.3 Å². The van der Waals surface area contributed by atoms with E-state index in [1.54, 1.807) is 7.11 Å². The largest absolute Gasteiger partial charge is 0.493 e. The number of benzene rings is 2. The first-order valence-electron chi connectivity index (χ1n) is 9.45. The van der Waals surface area contributed by atoms with Crippen molar-refractivity contribution >= 4 is 6.09 Å². The van der Waals surface area contributed by atoms with Crippen molar-refractivity contribution in [2.75, 3.05) is 20.2 Å². The van der Waals surface area contributed by atoms with E-state index in [1.165, 1.54) is 0 Å². The fourth-order valence-electron chi connectivity index (χ4n) is 2.50. The maximum absolute atomic E-state index is 11.6. The van der Waals surface area contributed by atoms with E-state index in [1.807, 2.05) is 69.3 Å². The molecule has 0 fully saturated rings. The minimum atomic E-state index is -0.473. The van der Waals surface area contributed by atoms with E-state index in [2.05, 4.69) is 10.6 Å². The second-order valence-corrected chi connectivity index (χ2v) is 7.36. The Morgan fingerprint density at radius 3 is 2.46 bits per heavy atom. The Kier molecular flexibility index (Phi) is 8.14. The minimum Gasteiger partial charge on any atom is -0.493 e. The highest BCUT2D eigenvalue weighted by Gasteiger charge is 2.15. The van der Waals surface area contributed by atoms with Gasteiger partial charge >= 0.3 is 6.09 Å². The quantitative estimate of drug-likeness (QED) is 0.622. The van der Waals surface area contributed by atoms with Gasteiger partial charge in [0.15, 0.2) is 11.5 Å². The summed E-state index contributed by atoms with van der Waals surface area (Å²) < 4.78 is 16.5. The summed E-state index contributed by atoms with van der Waals surface area (Å²) in [6, 6.07) is 15.5. The summed E-state index contributed by atoms with van der Waals surface area (Å²) in [7, 11) is 1.63. The molecule has 0 spiro atoms. The zero-order valence-corrected chi connectivity index (χ0v) is 17.1. The maximum atomic E-state index is 11.6. The maximum Gasteiger partial charge on any atom is 0.407 e. The number of carbonyl (C=O) groups is 1. The molecule has 28 heavy (non-hydrogen) atoms. The molecule has 0 aliphatic carbocycles. The number of ether oxygens (including phenoxy) is 3. The standard InChI is InChI=1S/C22H30N2O4/c1-22(2,3)28-21(25)24-14-8-13-23-16-17-9-7-10-18(15-17)27-20-12-6-5-11-19(20)26-4/h5-7,9-12,15,23H,8,13-14,16H2,1-4H3,(H,24,25). The minimum absolute atomic E-state index is 0.381. The number of carbonyl (C=O) groups excluding carboxylic acids is 1. The highest BCUT2D eigenvalue weighted by atomic mass is 16.6. The van der Waals surface area contributed by atoms with Crippen LogP contribution in [0.4, 0.5) is 4.79 Å². The lowest BCUT2D eigenvalue weighted by Crippen LogP contribution is -2.33. The van der Waals surface area contributed by atoms with Gasteiger partial charge in [0.25, 0.3) is 0 Å². The Bertz CT molecular complexity index is 756. The molecule has 0 heterocycles. The molecule has 0 radical (unpaired) electrons. The highest BCUT2D eigenvalue weighted by Crippen LogP contribution is 2.31. The molecule has 2 N–H and O–H groups in total. The van der Waals surface area contributed by atoms with E-state index >= 15 is 0 Å². The van der Waals surface area contributed by atoms with E-state index in [9.17, 15) is 4.79 Å². The van der Waals surface area contributed by atoms with Crippen molar-refractivity contribution in [1.82, 2.24) is 10.6 Å². The number of alkyl carbamates (subject to hydrolysis) is 1. The number of rotatable bonds is 9. The van der Waals surface area contributed by atoms with Gasteiger partial charge in [0.2, 0.25) is 0 Å². The molecule has 2 aromatic carbocycles. The van der Waals surface area contributed by atoms with Crippen molar-refractivity contribution in [2.24, 2.45) is 0 Å². The fourth-order valence-corrected chi connectivity index (χ4v) is 2.50. The molecule has 1 amide bonds. The first kappa shape index (κ1) is 21.6. The molecule has 6 heteroatoms. The van der Waals surface area contributed by atoms with Crippen LogP contribution in [0.15, 0.2) is 48.5 Å². The molecule has 0 aliphatic heterocycles. The molecule has 0 aliphatic rings. The third kappa shape index (κ3) is 7.88. The zero-order chi connectivity index (χ0) is 20.4. The summed E-state index contributed by atoms with van der Waals surface area (Å²) >= 11 is 0. The lowest BCUT2D eigenvalue weighted by Gasteiger charge is -2.19. The van der Waals surface area contributed by atoms with Crippen molar-refractivity contribution in [2.45, 2.75) is 39.3 Å². The summed E-state index contributed by atoms with van der Waals surface area (Å²) in [5.74, 6) is 2.14. The first-order chi connectivity index (χ1) is 13.4. The van der Waals surface area contributed by atoms with E-state index < -0.39 is 5.60 Å². The van der Waals surface area contributed by atoms with Crippen LogP contribution in [0.5, 0.6) is 17.2 Å². The predicted molar refractivity (Wildman–Crippen MR) is 110 cm³/mol. The zero-order valence-electron chi connectivity index (χ0n) is 17.1. The molecule has 2 aromatic rings. The molecule has 2 rings (SSSR count). The van der Waals surface area contributed by atoms with Gasteiger partial charge in [-0.3, -0.25) is 0 Å². The van der Waals surface area contributed by atoms with Crippen LogP contribution in [-0.4, -0.2) is 31.9 Å². The Labute approximate surface area is 167 Å². The Morgan fingerprint density at radius 1 is 1.00 bits per heavy atom. The number of nitrogens with one attached hydrogen (secondary N) is 2. The van der Waals surface area contributed by atoms with Crippen LogP contribution in [-0.2, 0) is 11.3 Å². The van der Waals surface area contributed by atoms with Gasteiger partial charge in [-0.2, -0.15) is 0 Å². The molecule has 6 nitrogen and oxygen atoms in total. The highest BCUT2D eigenvalue weighted by molar-refractivity contribution is 5.67. The number of para-hydroxylation sites is 2. The summed E-state index contributed by atoms with van der Waals surface area (Å²) in [6.45, 7) is 7.61. The summed E-state index contributed by atoms with van der Waals surface area (Å²) in [6.07, 6.45) is 0.435. The third-order valence-electron chi connectivity index (χ3n) is 3.72. The monoisotopic (exact) mass is 386 g/mol. The van der Waals surface area contributed by atoms with E-state index in [0.29, 0.717) is 18.0 Å². The van der Waals surface area contributed by atoms with Gasteiger partial charge in [0.05, 0.1) is 7.11 Å². The average molecular weight is 386 g/mol. The third-order valence-corrected chi connectivity index (χ3v) is 3.72. The van der Waals surface area contributed by atoms with Gasteiger partial charge in [-0.15, -0.1) is 0 Å². The Hall–Kier alpha value is -2.73. The van der Waals surface area contributed by atoms with Crippen LogP contribution in [0, 0.1) is 0 Å². The SMILES string of the molecule is COc1ccccc1Oc1cccc(CNCCCNC(=O)OC(C)(C)C)c1. The molecule has 0 atom stereocenters. The lowest BCUT2D eigenvalue weighted by atomic mass is 10.2. The van der Waals surface area contributed by atoms with E-state index in [0.717, 1.165) is 30.8 Å². The number of amides is 1. The fraction of sp³-hybridized carbons (Fsp3) is 0.409. The van der Waals surface area contributed by atoms with Gasteiger partial charge in [0.1, 0.15) is 11.4 Å². The normalized spacial score (nSPS) is 11.0. The number of hydrogen-bond donors (Lipinski definition) is 2. The molecular formula is C22H30N2O4. The molecule has 0 saturated heterocycles. The molecule has 0 aromatic heterocycles. The second kappa shape index (κ2) is 10.6. The van der Waals surface area contributed by atoms with Crippen LogP contribution in [0.1, 0.15) is 32.8 Å². The van der Waals surface area contributed by atoms with Crippen LogP contribution in [0.25, 0.3) is 0 Å². The lowest BCUT2D eigenvalue weighted by molar-refractivity contribution is 0.0527. The average Bonchev–Trinajstić information content (AvgIpc) is 2.64. The van der Waals surface area contributed by atoms with Crippen LogP contribution >= 0.6 is 0 Å². The van der Waals surface area contributed by atoms with Crippen molar-refractivity contribution in [3.63, 3.8) is 0 Å². The predicted octanol–water partition coefficient (Wildman–Crippen LogP) is 4.49. The Balaban J connectivity index is 1.72. The van der Waals surface area contributed by atoms with Gasteiger partial charge < -0.3 is 24.8 Å². The van der Waals surface area contributed by atoms with Gasteiger partial charge in [0, 0.05) is 13.1 Å². The smallest absolute Gasteiger partial charge is 0.407 e. The van der Waals surface area contributed by atoms with Gasteiger partial charge in [-0.05, 0) is 63.6 Å². The topological polar surface area (TPSA) is 68.8 Å². The number of hydrogen-bond acceptors (Lipinski definition) is 5. The van der Waals surface area contributed by atoms with Crippen LogP contribution in [0.2, 0.25) is 0 Å². The molecule has 0 bridgehead atoms. The van der Waals surface area contributed by atoms with Gasteiger partial charge in [-0.25, -0.2) is 4.79 Å². The molecular weight excluding hydrogens is 356 g/mol. The van der Waals surface area contributed by atoms with E-state index in [-0.39, 0.29) is 6.09 Å². The molecule has 0 saturated carbocycles. The van der Waals surface area contributed by atoms with Crippen molar-refractivity contribution in [3.05, 3.63) is 54.1 Å². The summed E-state index contributed by atoms with van der Waals surface area (Å²) in [4.78, 5) is 11.6. The number of methoxy groups -OCH3 is 1. The first-order valence-corrected chi connectivity index (χ1v) is 9.45. The van der Waals surface area contributed by atoms with Crippen molar-refractivity contribution < 1.29 is 19.0 Å². The van der Waals surface area contributed by atoms with Crippen molar-refractivity contribution in [1.29, 1.82) is 0 Å². The van der Waals surface area contributed by atoms with Crippen LogP contribution < -0.4 is 20.1 Å². The van der Waals surface area contributed by atoms with E-state index in [4.69, 9.17) is 14.2 Å². The second-order valence-electron chi connectivity index (χ2n) is 7.36. The summed E-state index contributed by atoms with van der Waals surface area (Å²) in [5.41, 5.74) is 0.645. The molecule has 152 valence electrons.